The Balaban J connectivity index is 3.82. The Kier molecular flexibility index (Phi) is 8.07. The van der Waals surface area contributed by atoms with Crippen molar-refractivity contribution < 1.29 is 9.53 Å². The summed E-state index contributed by atoms with van der Waals surface area (Å²) in [7, 11) is 0. The van der Waals surface area contributed by atoms with E-state index in [4.69, 9.17) is 4.74 Å². The Morgan fingerprint density at radius 3 is 2.21 bits per heavy atom. The number of unbranched alkanes of at least 4 members (excludes halogenated alkanes) is 3. The Morgan fingerprint density at radius 2 is 1.68 bits per heavy atom. The number of hydrogen-bond donors (Lipinski definition) is 2. The second-order valence-corrected chi connectivity index (χ2v) is 6.75. The van der Waals surface area contributed by atoms with Gasteiger partial charge in [0.05, 0.1) is 5.54 Å². The number of rotatable bonds is 8. The number of ether oxygens (including phenoxy) is 1. The first-order valence-electron chi connectivity index (χ1n) is 7.38. The monoisotopic (exact) mass is 272 g/mol. The number of amides is 1. The summed E-state index contributed by atoms with van der Waals surface area (Å²) in [5, 5.41) is 6.27. The molecule has 0 aliphatic heterocycles. The van der Waals surface area contributed by atoms with Gasteiger partial charge in [0, 0.05) is 6.54 Å². The molecule has 0 heterocycles. The molecule has 0 aliphatic carbocycles. The van der Waals surface area contributed by atoms with Gasteiger partial charge in [-0.3, -0.25) is 0 Å². The maximum Gasteiger partial charge on any atom is 0.408 e. The van der Waals surface area contributed by atoms with E-state index in [1.165, 1.54) is 25.7 Å². The van der Waals surface area contributed by atoms with Crippen molar-refractivity contribution in [3.63, 3.8) is 0 Å². The third kappa shape index (κ3) is 12.0. The summed E-state index contributed by atoms with van der Waals surface area (Å²) in [6, 6.07) is 0. The topological polar surface area (TPSA) is 50.4 Å². The molecule has 0 bridgehead atoms. The van der Waals surface area contributed by atoms with Gasteiger partial charge in [-0.1, -0.05) is 26.2 Å². The molecule has 114 valence electrons. The Bertz CT molecular complexity index is 257. The van der Waals surface area contributed by atoms with Gasteiger partial charge in [-0.15, -0.1) is 0 Å². The van der Waals surface area contributed by atoms with E-state index in [1.807, 2.05) is 34.6 Å². The molecule has 0 spiro atoms. The molecule has 19 heavy (non-hydrogen) atoms. The predicted molar refractivity (Wildman–Crippen MR) is 80.5 cm³/mol. The summed E-state index contributed by atoms with van der Waals surface area (Å²) in [5.41, 5.74) is -0.749. The molecule has 0 saturated carbocycles. The maximum atomic E-state index is 11.7. The zero-order valence-corrected chi connectivity index (χ0v) is 13.6. The van der Waals surface area contributed by atoms with Gasteiger partial charge in [0.15, 0.2) is 0 Å². The molecule has 0 aromatic carbocycles. The second-order valence-electron chi connectivity index (χ2n) is 6.75. The van der Waals surface area contributed by atoms with Crippen molar-refractivity contribution >= 4 is 6.09 Å². The highest BCUT2D eigenvalue weighted by atomic mass is 16.6. The molecule has 0 aliphatic rings. The highest BCUT2D eigenvalue weighted by Gasteiger charge is 2.23. The smallest absolute Gasteiger partial charge is 0.408 e. The van der Waals surface area contributed by atoms with Gasteiger partial charge in [-0.2, -0.15) is 0 Å². The predicted octanol–water partition coefficient (Wildman–Crippen LogP) is 3.46. The van der Waals surface area contributed by atoms with Crippen LogP contribution < -0.4 is 10.6 Å². The maximum absolute atomic E-state index is 11.7. The van der Waals surface area contributed by atoms with Crippen LogP contribution in [-0.4, -0.2) is 30.3 Å². The van der Waals surface area contributed by atoms with Crippen LogP contribution in [0.1, 0.15) is 67.2 Å². The first kappa shape index (κ1) is 18.2. The highest BCUT2D eigenvalue weighted by molar-refractivity contribution is 5.68. The van der Waals surface area contributed by atoms with Crippen LogP contribution in [0.25, 0.3) is 0 Å². The number of nitrogens with one attached hydrogen (secondary N) is 2. The lowest BCUT2D eigenvalue weighted by Crippen LogP contribution is -2.51. The standard InChI is InChI=1S/C15H32N2O2/c1-7-8-9-10-11-16-12-15(5,6)17-13(18)19-14(2,3)4/h16H,7-12H2,1-6H3,(H,17,18). The van der Waals surface area contributed by atoms with Crippen molar-refractivity contribution in [1.29, 1.82) is 0 Å². The average molecular weight is 272 g/mol. The zero-order chi connectivity index (χ0) is 14.9. The summed E-state index contributed by atoms with van der Waals surface area (Å²) in [6.07, 6.45) is 4.65. The first-order chi connectivity index (χ1) is 8.66. The van der Waals surface area contributed by atoms with E-state index in [0.717, 1.165) is 13.1 Å². The average Bonchev–Trinajstić information content (AvgIpc) is 2.19. The van der Waals surface area contributed by atoms with Crippen molar-refractivity contribution in [2.75, 3.05) is 13.1 Å². The molecule has 1 amide bonds. The lowest BCUT2D eigenvalue weighted by Gasteiger charge is -2.29. The lowest BCUT2D eigenvalue weighted by molar-refractivity contribution is 0.0472. The second kappa shape index (κ2) is 8.41. The van der Waals surface area contributed by atoms with Gasteiger partial charge < -0.3 is 15.4 Å². The highest BCUT2D eigenvalue weighted by Crippen LogP contribution is 2.09. The number of alkyl carbamates (subject to hydrolysis) is 1. The molecule has 4 nitrogen and oxygen atoms in total. The van der Waals surface area contributed by atoms with E-state index in [2.05, 4.69) is 17.6 Å². The van der Waals surface area contributed by atoms with E-state index in [-0.39, 0.29) is 11.6 Å². The molecule has 0 aromatic rings. The van der Waals surface area contributed by atoms with Crippen LogP contribution in [0.4, 0.5) is 4.79 Å². The first-order valence-corrected chi connectivity index (χ1v) is 7.38. The fourth-order valence-corrected chi connectivity index (χ4v) is 1.70. The van der Waals surface area contributed by atoms with Crippen LogP contribution in [-0.2, 0) is 4.74 Å². The minimum atomic E-state index is -0.451. The fourth-order valence-electron chi connectivity index (χ4n) is 1.70. The largest absolute Gasteiger partial charge is 0.444 e. The van der Waals surface area contributed by atoms with Crippen LogP contribution >= 0.6 is 0 Å². The van der Waals surface area contributed by atoms with Gasteiger partial charge in [-0.25, -0.2) is 4.79 Å². The van der Waals surface area contributed by atoms with E-state index in [0.29, 0.717) is 0 Å². The molecule has 4 heteroatoms. The van der Waals surface area contributed by atoms with Crippen LogP contribution in [0.5, 0.6) is 0 Å². The molecule has 0 unspecified atom stereocenters. The summed E-state index contributed by atoms with van der Waals surface area (Å²) < 4.78 is 5.26. The van der Waals surface area contributed by atoms with Crippen LogP contribution in [0.15, 0.2) is 0 Å². The summed E-state index contributed by atoms with van der Waals surface area (Å²) in [4.78, 5) is 11.7. The van der Waals surface area contributed by atoms with Gasteiger partial charge in [0.2, 0.25) is 0 Å². The van der Waals surface area contributed by atoms with Crippen molar-refractivity contribution in [1.82, 2.24) is 10.6 Å². The van der Waals surface area contributed by atoms with Crippen LogP contribution in [0.2, 0.25) is 0 Å². The minimum absolute atomic E-state index is 0.299. The molecule has 2 N–H and O–H groups in total. The van der Waals surface area contributed by atoms with Crippen molar-refractivity contribution in [3.05, 3.63) is 0 Å². The number of carbonyl (C=O) groups is 1. The van der Waals surface area contributed by atoms with Gasteiger partial charge >= 0.3 is 6.09 Å². The van der Waals surface area contributed by atoms with Gasteiger partial charge in [0.25, 0.3) is 0 Å². The molecule has 0 atom stereocenters. The summed E-state index contributed by atoms with van der Waals surface area (Å²) >= 11 is 0. The van der Waals surface area contributed by atoms with E-state index in [1.54, 1.807) is 0 Å². The summed E-state index contributed by atoms with van der Waals surface area (Å²) in [6.45, 7) is 13.5. The molecule has 0 fully saturated rings. The molecule has 0 rings (SSSR count). The van der Waals surface area contributed by atoms with Gasteiger partial charge in [-0.05, 0) is 47.6 Å². The third-order valence-electron chi connectivity index (χ3n) is 2.61. The molecular formula is C15H32N2O2. The zero-order valence-electron chi connectivity index (χ0n) is 13.6. The Hall–Kier alpha value is -0.770. The van der Waals surface area contributed by atoms with Crippen molar-refractivity contribution in [2.24, 2.45) is 0 Å². The molecule has 0 saturated heterocycles. The normalized spacial score (nSPS) is 12.3. The van der Waals surface area contributed by atoms with Crippen molar-refractivity contribution in [2.45, 2.75) is 78.4 Å². The molecular weight excluding hydrogens is 240 g/mol. The van der Waals surface area contributed by atoms with E-state index >= 15 is 0 Å². The molecule has 0 radical (unpaired) electrons. The van der Waals surface area contributed by atoms with E-state index in [9.17, 15) is 4.79 Å². The van der Waals surface area contributed by atoms with Crippen LogP contribution in [0.3, 0.4) is 0 Å². The molecule has 0 aromatic heterocycles. The third-order valence-corrected chi connectivity index (χ3v) is 2.61. The lowest BCUT2D eigenvalue weighted by atomic mass is 10.1. The van der Waals surface area contributed by atoms with Crippen molar-refractivity contribution in [3.8, 4) is 0 Å². The number of carbonyl (C=O) groups excluding carboxylic acids is 1. The van der Waals surface area contributed by atoms with Crippen LogP contribution in [0, 0.1) is 0 Å². The minimum Gasteiger partial charge on any atom is -0.444 e. The van der Waals surface area contributed by atoms with E-state index < -0.39 is 5.60 Å². The summed E-state index contributed by atoms with van der Waals surface area (Å²) in [5.74, 6) is 0. The van der Waals surface area contributed by atoms with Gasteiger partial charge in [0.1, 0.15) is 5.60 Å². The number of hydrogen-bond acceptors (Lipinski definition) is 3. The Labute approximate surface area is 118 Å². The SMILES string of the molecule is CCCCCCNCC(C)(C)NC(=O)OC(C)(C)C. The quantitative estimate of drug-likeness (QED) is 0.665. The fraction of sp³-hybridized carbons (Fsp3) is 0.933. The Morgan fingerprint density at radius 1 is 1.05 bits per heavy atom.